The molecule has 34 heavy (non-hydrogen) atoms. The minimum atomic E-state index is -4.52. The maximum absolute atomic E-state index is 13.1. The standard InChI is InChI=1S/C17H11BrF3N3O2.C4H8.C2H4.CH5N/c1-9-12(17(19,20)21)3-2-4-13(9)23-16-11-7-10(18)5-6-14(11)22-8-15(16)24(25)26;1-3-4-2;2*1-2/h2-8H,1H3,(H,22,23);3-4H,1-2H3;1-2H2;2H2,1H3. The van der Waals surface area contributed by atoms with Gasteiger partial charge in [0.15, 0.2) is 0 Å². The molecule has 0 aliphatic heterocycles. The fourth-order valence-electron chi connectivity index (χ4n) is 2.64. The molecule has 0 bridgehead atoms. The van der Waals surface area contributed by atoms with Crippen LogP contribution >= 0.6 is 15.9 Å². The number of hydrogen-bond donors (Lipinski definition) is 2. The van der Waals surface area contributed by atoms with Crippen LogP contribution in [0.25, 0.3) is 10.9 Å². The lowest BCUT2D eigenvalue weighted by Gasteiger charge is -2.16. The van der Waals surface area contributed by atoms with Gasteiger partial charge in [-0.25, -0.2) is 4.98 Å². The SMILES string of the molecule is C=C.CC=CC.CN.Cc1c(Nc2c([N+](=O)[O-])cnc3ccc(Br)cc23)cccc1C(F)(F)F. The van der Waals surface area contributed by atoms with Crippen LogP contribution in [-0.4, -0.2) is 17.0 Å². The number of nitro groups is 1. The highest BCUT2D eigenvalue weighted by Crippen LogP contribution is 2.39. The third kappa shape index (κ3) is 8.27. The summed E-state index contributed by atoms with van der Waals surface area (Å²) in [7, 11) is 1.50. The number of alkyl halides is 3. The molecule has 3 aromatic rings. The van der Waals surface area contributed by atoms with Crippen LogP contribution in [0.4, 0.5) is 30.2 Å². The summed E-state index contributed by atoms with van der Waals surface area (Å²) in [5.41, 5.74) is 4.02. The minimum Gasteiger partial charge on any atom is -0.349 e. The van der Waals surface area contributed by atoms with E-state index < -0.39 is 16.7 Å². The lowest BCUT2D eigenvalue weighted by Crippen LogP contribution is -2.09. The van der Waals surface area contributed by atoms with Crippen molar-refractivity contribution in [3.05, 3.63) is 93.6 Å². The summed E-state index contributed by atoms with van der Waals surface area (Å²) < 4.78 is 40.0. The van der Waals surface area contributed by atoms with Crippen molar-refractivity contribution in [3.63, 3.8) is 0 Å². The van der Waals surface area contributed by atoms with Crippen LogP contribution < -0.4 is 11.1 Å². The summed E-state index contributed by atoms with van der Waals surface area (Å²) >= 11 is 3.29. The Morgan fingerprint density at radius 2 is 1.74 bits per heavy atom. The topological polar surface area (TPSA) is 94.1 Å². The monoisotopic (exact) mass is 540 g/mol. The van der Waals surface area contributed by atoms with Gasteiger partial charge in [-0.15, -0.1) is 13.2 Å². The van der Waals surface area contributed by atoms with Gasteiger partial charge in [-0.1, -0.05) is 34.1 Å². The normalized spacial score (nSPS) is 10.3. The fourth-order valence-corrected chi connectivity index (χ4v) is 3.00. The van der Waals surface area contributed by atoms with Gasteiger partial charge < -0.3 is 11.1 Å². The zero-order chi connectivity index (χ0) is 26.5. The van der Waals surface area contributed by atoms with Crippen molar-refractivity contribution in [1.29, 1.82) is 0 Å². The Kier molecular flexibility index (Phi) is 13.4. The highest BCUT2D eigenvalue weighted by atomic mass is 79.9. The lowest BCUT2D eigenvalue weighted by atomic mass is 10.1. The van der Waals surface area contributed by atoms with Gasteiger partial charge >= 0.3 is 11.9 Å². The molecular weight excluding hydrogens is 513 g/mol. The van der Waals surface area contributed by atoms with E-state index in [2.05, 4.69) is 45.1 Å². The predicted octanol–water partition coefficient (Wildman–Crippen LogP) is 7.94. The second kappa shape index (κ2) is 14.8. The van der Waals surface area contributed by atoms with E-state index in [9.17, 15) is 23.3 Å². The molecule has 1 heterocycles. The zero-order valence-electron chi connectivity index (χ0n) is 19.4. The van der Waals surface area contributed by atoms with Crippen LogP contribution in [0.2, 0.25) is 0 Å². The number of halogens is 4. The Balaban J connectivity index is 0.00000121. The summed E-state index contributed by atoms with van der Waals surface area (Å²) in [6.45, 7) is 11.3. The molecule has 3 rings (SSSR count). The molecule has 0 atom stereocenters. The van der Waals surface area contributed by atoms with E-state index >= 15 is 0 Å². The van der Waals surface area contributed by atoms with Crippen molar-refractivity contribution in [1.82, 2.24) is 4.98 Å². The van der Waals surface area contributed by atoms with Crippen LogP contribution in [0, 0.1) is 17.0 Å². The minimum absolute atomic E-state index is 0.0470. The molecule has 184 valence electrons. The Labute approximate surface area is 205 Å². The molecule has 0 fully saturated rings. The van der Waals surface area contributed by atoms with Gasteiger partial charge in [-0.2, -0.15) is 13.2 Å². The summed E-state index contributed by atoms with van der Waals surface area (Å²) in [5, 5.41) is 14.6. The largest absolute Gasteiger partial charge is 0.416 e. The van der Waals surface area contributed by atoms with Gasteiger partial charge in [-0.3, -0.25) is 10.1 Å². The maximum atomic E-state index is 13.1. The van der Waals surface area contributed by atoms with E-state index in [1.54, 1.807) is 18.2 Å². The summed E-state index contributed by atoms with van der Waals surface area (Å²) in [4.78, 5) is 14.8. The van der Waals surface area contributed by atoms with Crippen LogP contribution in [0.3, 0.4) is 0 Å². The smallest absolute Gasteiger partial charge is 0.349 e. The molecule has 3 N–H and O–H groups in total. The highest BCUT2D eigenvalue weighted by Gasteiger charge is 2.33. The van der Waals surface area contributed by atoms with Gasteiger partial charge in [0.1, 0.15) is 11.9 Å². The van der Waals surface area contributed by atoms with E-state index in [0.717, 1.165) is 12.3 Å². The number of nitrogens with two attached hydrogens (primary N) is 1. The molecule has 0 saturated heterocycles. The molecule has 2 aromatic carbocycles. The first-order valence-corrected chi connectivity index (χ1v) is 10.7. The number of allylic oxidation sites excluding steroid dienone is 2. The van der Waals surface area contributed by atoms with Crippen molar-refractivity contribution in [2.45, 2.75) is 26.9 Å². The van der Waals surface area contributed by atoms with Crippen LogP contribution in [0.15, 0.2) is 72.4 Å². The first-order chi connectivity index (χ1) is 16.1. The molecule has 6 nitrogen and oxygen atoms in total. The lowest BCUT2D eigenvalue weighted by molar-refractivity contribution is -0.384. The van der Waals surface area contributed by atoms with Gasteiger partial charge in [0, 0.05) is 15.5 Å². The Bertz CT molecular complexity index is 1120. The number of pyridine rings is 1. The Hall–Kier alpha value is -3.24. The van der Waals surface area contributed by atoms with Crippen molar-refractivity contribution in [2.75, 3.05) is 12.4 Å². The third-order valence-corrected chi connectivity index (χ3v) is 4.73. The first kappa shape index (κ1) is 30.8. The van der Waals surface area contributed by atoms with Crippen LogP contribution in [0.5, 0.6) is 0 Å². The van der Waals surface area contributed by atoms with Crippen molar-refractivity contribution >= 4 is 43.9 Å². The number of hydrogen-bond acceptors (Lipinski definition) is 5. The fraction of sp³-hybridized carbons (Fsp3) is 0.208. The van der Waals surface area contributed by atoms with E-state index in [1.807, 2.05) is 26.0 Å². The molecule has 0 saturated carbocycles. The molecule has 10 heteroatoms. The van der Waals surface area contributed by atoms with E-state index in [4.69, 9.17) is 0 Å². The molecule has 0 unspecified atom stereocenters. The van der Waals surface area contributed by atoms with Crippen LogP contribution in [-0.2, 0) is 6.18 Å². The van der Waals surface area contributed by atoms with Crippen molar-refractivity contribution < 1.29 is 18.1 Å². The molecular formula is C24H28BrF3N4O2. The third-order valence-electron chi connectivity index (χ3n) is 4.24. The van der Waals surface area contributed by atoms with E-state index in [-0.39, 0.29) is 22.6 Å². The summed E-state index contributed by atoms with van der Waals surface area (Å²) in [5.74, 6) is 0. The second-order valence-electron chi connectivity index (χ2n) is 6.20. The quantitative estimate of drug-likeness (QED) is 0.200. The number of anilines is 2. The van der Waals surface area contributed by atoms with Crippen LogP contribution in [0.1, 0.15) is 25.0 Å². The van der Waals surface area contributed by atoms with E-state index in [0.29, 0.717) is 15.4 Å². The molecule has 0 aliphatic carbocycles. The molecule has 0 amide bonds. The number of nitrogens with zero attached hydrogens (tertiary/aromatic N) is 2. The second-order valence-corrected chi connectivity index (χ2v) is 7.12. The van der Waals surface area contributed by atoms with Gasteiger partial charge in [-0.05, 0) is 63.7 Å². The average Bonchev–Trinajstić information content (AvgIpc) is 2.82. The predicted molar refractivity (Wildman–Crippen MR) is 137 cm³/mol. The molecule has 0 aliphatic rings. The van der Waals surface area contributed by atoms with Gasteiger partial charge in [0.2, 0.25) is 0 Å². The number of nitrogens with one attached hydrogen (secondary N) is 1. The van der Waals surface area contributed by atoms with Crippen molar-refractivity contribution in [3.8, 4) is 0 Å². The molecule has 0 spiro atoms. The molecule has 1 aromatic heterocycles. The summed E-state index contributed by atoms with van der Waals surface area (Å²) in [6, 6.07) is 8.67. The molecule has 0 radical (unpaired) electrons. The van der Waals surface area contributed by atoms with Crippen molar-refractivity contribution in [2.24, 2.45) is 5.73 Å². The number of fused-ring (bicyclic) bond motifs is 1. The van der Waals surface area contributed by atoms with Gasteiger partial charge in [0.25, 0.3) is 0 Å². The number of rotatable bonds is 3. The maximum Gasteiger partial charge on any atom is 0.416 e. The zero-order valence-corrected chi connectivity index (χ0v) is 21.0. The number of aromatic nitrogens is 1. The van der Waals surface area contributed by atoms with E-state index in [1.165, 1.54) is 26.1 Å². The Morgan fingerprint density at radius 3 is 2.24 bits per heavy atom. The van der Waals surface area contributed by atoms with Gasteiger partial charge in [0.05, 0.1) is 16.0 Å². The number of benzene rings is 2. The summed E-state index contributed by atoms with van der Waals surface area (Å²) in [6.07, 6.45) is 0.568. The first-order valence-electron chi connectivity index (χ1n) is 9.91. The average molecular weight is 541 g/mol. The highest BCUT2D eigenvalue weighted by molar-refractivity contribution is 9.10. The Morgan fingerprint density at radius 1 is 1.15 bits per heavy atom.